The first-order valence-electron chi connectivity index (χ1n) is 9.92. The van der Waals surface area contributed by atoms with Gasteiger partial charge in [0.25, 0.3) is 0 Å². The second kappa shape index (κ2) is 8.00. The summed E-state index contributed by atoms with van der Waals surface area (Å²) in [5.74, 6) is 0.659. The molecule has 2 aliphatic heterocycles. The predicted octanol–water partition coefficient (Wildman–Crippen LogP) is 4.08. The standard InChI is InChI=1S/C21H23F3N4O/c22-21(23,24)17-3-4-19(26-14-17)27-12-7-16(8-13-27)20(29)28-11-1-2-18(28)15-5-9-25-10-6-15/h3-6,9-10,14,16,18H,1-2,7-8,11-13H2/t18-/m1/s1. The van der Waals surface area contributed by atoms with E-state index in [0.29, 0.717) is 31.7 Å². The van der Waals surface area contributed by atoms with E-state index < -0.39 is 11.7 Å². The van der Waals surface area contributed by atoms with Gasteiger partial charge in [-0.2, -0.15) is 13.2 Å². The van der Waals surface area contributed by atoms with Gasteiger partial charge < -0.3 is 9.80 Å². The topological polar surface area (TPSA) is 49.3 Å². The second-order valence-electron chi connectivity index (χ2n) is 7.63. The van der Waals surface area contributed by atoms with Crippen molar-refractivity contribution in [2.75, 3.05) is 24.5 Å². The molecular formula is C21H23F3N4O. The number of anilines is 1. The fourth-order valence-corrected chi connectivity index (χ4v) is 4.29. The van der Waals surface area contributed by atoms with Crippen LogP contribution in [0, 0.1) is 5.92 Å². The highest BCUT2D eigenvalue weighted by atomic mass is 19.4. The molecule has 4 heterocycles. The number of aromatic nitrogens is 2. The second-order valence-corrected chi connectivity index (χ2v) is 7.63. The van der Waals surface area contributed by atoms with E-state index in [1.807, 2.05) is 21.9 Å². The molecule has 5 nitrogen and oxygen atoms in total. The van der Waals surface area contributed by atoms with E-state index in [4.69, 9.17) is 0 Å². The summed E-state index contributed by atoms with van der Waals surface area (Å²) in [6.07, 6.45) is 3.32. The number of pyridine rings is 2. The van der Waals surface area contributed by atoms with E-state index >= 15 is 0 Å². The molecule has 2 saturated heterocycles. The molecule has 0 radical (unpaired) electrons. The summed E-state index contributed by atoms with van der Waals surface area (Å²) in [6, 6.07) is 6.51. The van der Waals surface area contributed by atoms with Gasteiger partial charge in [0.2, 0.25) is 5.91 Å². The van der Waals surface area contributed by atoms with E-state index in [0.717, 1.165) is 37.2 Å². The van der Waals surface area contributed by atoms with Crippen LogP contribution >= 0.6 is 0 Å². The van der Waals surface area contributed by atoms with Crippen LogP contribution in [0.2, 0.25) is 0 Å². The first kappa shape index (κ1) is 19.7. The average Bonchev–Trinajstić information content (AvgIpc) is 3.23. The Hall–Kier alpha value is -2.64. The van der Waals surface area contributed by atoms with Crippen molar-refractivity contribution in [2.45, 2.75) is 37.9 Å². The van der Waals surface area contributed by atoms with E-state index in [1.165, 1.54) is 6.07 Å². The van der Waals surface area contributed by atoms with Crippen molar-refractivity contribution in [2.24, 2.45) is 5.92 Å². The Bertz CT molecular complexity index is 833. The molecule has 1 atom stereocenters. The van der Waals surface area contributed by atoms with Gasteiger partial charge in [0.1, 0.15) is 5.82 Å². The molecular weight excluding hydrogens is 381 g/mol. The molecule has 0 unspecified atom stereocenters. The van der Waals surface area contributed by atoms with Crippen molar-refractivity contribution in [3.63, 3.8) is 0 Å². The molecule has 29 heavy (non-hydrogen) atoms. The molecule has 0 aromatic carbocycles. The van der Waals surface area contributed by atoms with Gasteiger partial charge in [-0.1, -0.05) is 0 Å². The summed E-state index contributed by atoms with van der Waals surface area (Å²) in [6.45, 7) is 2.00. The zero-order chi connectivity index (χ0) is 20.4. The highest BCUT2D eigenvalue weighted by Gasteiger charge is 2.36. The van der Waals surface area contributed by atoms with Crippen molar-refractivity contribution < 1.29 is 18.0 Å². The lowest BCUT2D eigenvalue weighted by atomic mass is 9.94. The Kier molecular flexibility index (Phi) is 5.43. The van der Waals surface area contributed by atoms with Crippen molar-refractivity contribution in [3.05, 3.63) is 54.0 Å². The fourth-order valence-electron chi connectivity index (χ4n) is 4.29. The normalized spacial score (nSPS) is 20.9. The predicted molar refractivity (Wildman–Crippen MR) is 102 cm³/mol. The van der Waals surface area contributed by atoms with Crippen LogP contribution in [0.1, 0.15) is 42.9 Å². The quantitative estimate of drug-likeness (QED) is 0.774. The van der Waals surface area contributed by atoms with Crippen LogP contribution < -0.4 is 4.90 Å². The molecule has 2 fully saturated rings. The maximum absolute atomic E-state index is 13.1. The van der Waals surface area contributed by atoms with Crippen molar-refractivity contribution in [3.8, 4) is 0 Å². The zero-order valence-electron chi connectivity index (χ0n) is 16.0. The number of likely N-dealkylation sites (tertiary alicyclic amines) is 1. The minimum absolute atomic E-state index is 0.0527. The van der Waals surface area contributed by atoms with Crippen molar-refractivity contribution >= 4 is 11.7 Å². The van der Waals surface area contributed by atoms with E-state index in [9.17, 15) is 18.0 Å². The molecule has 154 valence electrons. The lowest BCUT2D eigenvalue weighted by Crippen LogP contribution is -2.42. The summed E-state index contributed by atoms with van der Waals surface area (Å²) >= 11 is 0. The molecule has 0 saturated carbocycles. The minimum atomic E-state index is -4.38. The summed E-state index contributed by atoms with van der Waals surface area (Å²) in [4.78, 5) is 25.1. The summed E-state index contributed by atoms with van der Waals surface area (Å²) in [7, 11) is 0. The van der Waals surface area contributed by atoms with Gasteiger partial charge in [0.05, 0.1) is 11.6 Å². The number of hydrogen-bond acceptors (Lipinski definition) is 4. The van der Waals surface area contributed by atoms with Gasteiger partial charge in [-0.25, -0.2) is 4.98 Å². The summed E-state index contributed by atoms with van der Waals surface area (Å²) in [5.41, 5.74) is 0.375. The minimum Gasteiger partial charge on any atom is -0.357 e. The van der Waals surface area contributed by atoms with Crippen LogP contribution in [-0.2, 0) is 11.0 Å². The first-order valence-corrected chi connectivity index (χ1v) is 9.92. The van der Waals surface area contributed by atoms with E-state index in [-0.39, 0.29) is 17.9 Å². The third kappa shape index (κ3) is 4.21. The number of rotatable bonds is 3. The SMILES string of the molecule is O=C(C1CCN(c2ccc(C(F)(F)F)cn2)CC1)N1CCC[C@@H]1c1ccncc1. The number of carbonyl (C=O) groups excluding carboxylic acids is 1. The summed E-state index contributed by atoms with van der Waals surface area (Å²) in [5, 5.41) is 0. The van der Waals surface area contributed by atoms with Gasteiger partial charge >= 0.3 is 6.18 Å². The Balaban J connectivity index is 1.37. The number of hydrogen-bond donors (Lipinski definition) is 0. The van der Waals surface area contributed by atoms with E-state index in [1.54, 1.807) is 12.4 Å². The fraction of sp³-hybridized carbons (Fsp3) is 0.476. The molecule has 4 rings (SSSR count). The van der Waals surface area contributed by atoms with E-state index in [2.05, 4.69) is 9.97 Å². The van der Waals surface area contributed by atoms with Crippen LogP contribution in [0.5, 0.6) is 0 Å². The monoisotopic (exact) mass is 404 g/mol. The smallest absolute Gasteiger partial charge is 0.357 e. The van der Waals surface area contributed by atoms with Gasteiger partial charge in [0.15, 0.2) is 0 Å². The largest absolute Gasteiger partial charge is 0.417 e. The van der Waals surface area contributed by atoms with Crippen LogP contribution in [0.25, 0.3) is 0 Å². The molecule has 1 amide bonds. The van der Waals surface area contributed by atoms with Gasteiger partial charge in [-0.05, 0) is 55.5 Å². The third-order valence-electron chi connectivity index (χ3n) is 5.87. The maximum Gasteiger partial charge on any atom is 0.417 e. The molecule has 0 bridgehead atoms. The van der Waals surface area contributed by atoms with Crippen LogP contribution in [0.4, 0.5) is 19.0 Å². The van der Waals surface area contributed by atoms with Crippen LogP contribution in [-0.4, -0.2) is 40.4 Å². The lowest BCUT2D eigenvalue weighted by molar-refractivity contribution is -0.138. The average molecular weight is 404 g/mol. The molecule has 8 heteroatoms. The Morgan fingerprint density at radius 1 is 1.00 bits per heavy atom. The number of halogens is 3. The Morgan fingerprint density at radius 3 is 2.34 bits per heavy atom. The molecule has 0 aliphatic carbocycles. The van der Waals surface area contributed by atoms with Gasteiger partial charge in [-0.15, -0.1) is 0 Å². The number of alkyl halides is 3. The van der Waals surface area contributed by atoms with Gasteiger partial charge in [0, 0.05) is 44.1 Å². The first-order chi connectivity index (χ1) is 13.9. The summed E-state index contributed by atoms with van der Waals surface area (Å²) < 4.78 is 38.1. The lowest BCUT2D eigenvalue weighted by Gasteiger charge is -2.35. The molecule has 2 aromatic rings. The number of nitrogens with zero attached hydrogens (tertiary/aromatic N) is 4. The molecule has 2 aliphatic rings. The highest BCUT2D eigenvalue weighted by Crippen LogP contribution is 2.35. The highest BCUT2D eigenvalue weighted by molar-refractivity contribution is 5.80. The molecule has 0 N–H and O–H groups in total. The Morgan fingerprint density at radius 2 is 1.72 bits per heavy atom. The number of carbonyl (C=O) groups is 1. The van der Waals surface area contributed by atoms with Crippen molar-refractivity contribution in [1.29, 1.82) is 0 Å². The molecule has 2 aromatic heterocycles. The third-order valence-corrected chi connectivity index (χ3v) is 5.87. The van der Waals surface area contributed by atoms with Crippen molar-refractivity contribution in [1.82, 2.24) is 14.9 Å². The molecule has 0 spiro atoms. The van der Waals surface area contributed by atoms with Crippen LogP contribution in [0.3, 0.4) is 0 Å². The van der Waals surface area contributed by atoms with Crippen LogP contribution in [0.15, 0.2) is 42.9 Å². The van der Waals surface area contributed by atoms with Gasteiger partial charge in [-0.3, -0.25) is 9.78 Å². The Labute approximate surface area is 167 Å². The number of amides is 1. The number of piperidine rings is 1. The zero-order valence-corrected chi connectivity index (χ0v) is 16.0. The maximum atomic E-state index is 13.1.